The van der Waals surface area contributed by atoms with Gasteiger partial charge in [-0.2, -0.15) is 0 Å². The highest BCUT2D eigenvalue weighted by molar-refractivity contribution is 6.36. The Morgan fingerprint density at radius 3 is 2.49 bits per heavy atom. The van der Waals surface area contributed by atoms with Crippen LogP contribution in [0.4, 0.5) is 5.69 Å². The monoisotopic (exact) mass is 505 g/mol. The van der Waals surface area contributed by atoms with Crippen LogP contribution >= 0.6 is 23.2 Å². The Bertz CT molecular complexity index is 1450. The molecule has 1 aromatic heterocycles. The molecule has 0 spiro atoms. The molecule has 0 unspecified atom stereocenters. The molecular weight excluding hydrogens is 485 g/mol. The van der Waals surface area contributed by atoms with Crippen molar-refractivity contribution in [1.82, 2.24) is 9.88 Å². The first-order valence-electron chi connectivity index (χ1n) is 11.4. The maximum Gasteiger partial charge on any atom is 0.254 e. The van der Waals surface area contributed by atoms with Crippen molar-refractivity contribution in [3.8, 4) is 22.8 Å². The number of hydrogen-bond acceptors (Lipinski definition) is 5. The van der Waals surface area contributed by atoms with Crippen LogP contribution < -0.4 is 14.4 Å². The van der Waals surface area contributed by atoms with Crippen LogP contribution in [0.2, 0.25) is 10.0 Å². The molecule has 3 aromatic carbocycles. The van der Waals surface area contributed by atoms with Crippen molar-refractivity contribution in [2.45, 2.75) is 0 Å². The number of piperazine rings is 1. The summed E-state index contributed by atoms with van der Waals surface area (Å²) < 4.78 is 10.9. The first-order valence-corrected chi connectivity index (χ1v) is 12.1. The number of ether oxygens (including phenoxy) is 2. The van der Waals surface area contributed by atoms with Gasteiger partial charge in [-0.15, -0.1) is 0 Å². The van der Waals surface area contributed by atoms with Crippen LogP contribution in [-0.2, 0) is 0 Å². The third-order valence-corrected chi connectivity index (χ3v) is 6.99. The zero-order valence-electron chi connectivity index (χ0n) is 18.7. The minimum Gasteiger partial charge on any atom is -0.454 e. The SMILES string of the molecule is O=C(c1cc(-c2ccc(Cl)cc2Cl)nc2ccccc12)N1CCN(c2ccc3c(c2)OCO3)CC1. The topological polar surface area (TPSA) is 54.9 Å². The van der Waals surface area contributed by atoms with Crippen LogP contribution in [-0.4, -0.2) is 48.8 Å². The van der Waals surface area contributed by atoms with E-state index in [2.05, 4.69) is 4.90 Å². The third kappa shape index (κ3) is 4.13. The Labute approximate surface area is 212 Å². The Kier molecular flexibility index (Phi) is 5.63. The number of para-hydroxylation sites is 1. The zero-order chi connectivity index (χ0) is 23.9. The molecule has 35 heavy (non-hydrogen) atoms. The van der Waals surface area contributed by atoms with Crippen LogP contribution in [0.5, 0.6) is 11.5 Å². The molecule has 0 radical (unpaired) electrons. The molecular formula is C27H21Cl2N3O3. The van der Waals surface area contributed by atoms with Crippen molar-refractivity contribution in [3.63, 3.8) is 0 Å². The lowest BCUT2D eigenvalue weighted by Gasteiger charge is -2.36. The van der Waals surface area contributed by atoms with Crippen molar-refractivity contribution in [2.75, 3.05) is 37.9 Å². The number of fused-ring (bicyclic) bond motifs is 2. The highest BCUT2D eigenvalue weighted by atomic mass is 35.5. The van der Waals surface area contributed by atoms with E-state index in [9.17, 15) is 4.79 Å². The van der Waals surface area contributed by atoms with Crippen LogP contribution in [0.15, 0.2) is 66.7 Å². The molecule has 8 heteroatoms. The Hall–Kier alpha value is -3.48. The molecule has 4 aromatic rings. The molecule has 0 bridgehead atoms. The van der Waals surface area contributed by atoms with E-state index in [1.807, 2.05) is 59.5 Å². The van der Waals surface area contributed by atoms with Gasteiger partial charge in [0.1, 0.15) is 0 Å². The molecule has 6 nitrogen and oxygen atoms in total. The summed E-state index contributed by atoms with van der Waals surface area (Å²) in [5, 5.41) is 1.87. The fraction of sp³-hybridized carbons (Fsp3) is 0.185. The van der Waals surface area contributed by atoms with E-state index < -0.39 is 0 Å². The molecule has 1 fully saturated rings. The lowest BCUT2D eigenvalue weighted by Crippen LogP contribution is -2.48. The average molecular weight is 506 g/mol. The molecule has 1 amide bonds. The predicted octanol–water partition coefficient (Wildman–Crippen LogP) is 5.90. The molecule has 0 saturated carbocycles. The average Bonchev–Trinajstić information content (AvgIpc) is 3.36. The van der Waals surface area contributed by atoms with Gasteiger partial charge in [0, 0.05) is 53.9 Å². The standard InChI is InChI=1S/C27H21Cl2N3O3/c28-17-5-7-20(22(29)13-17)24-15-21(19-3-1-2-4-23(19)30-24)27(33)32-11-9-31(10-12-32)18-6-8-25-26(14-18)35-16-34-25/h1-8,13-15H,9-12,16H2. The first kappa shape index (κ1) is 22.0. The summed E-state index contributed by atoms with van der Waals surface area (Å²) in [4.78, 5) is 22.7. The fourth-order valence-electron chi connectivity index (χ4n) is 4.61. The molecule has 3 heterocycles. The lowest BCUT2D eigenvalue weighted by molar-refractivity contribution is 0.0748. The highest BCUT2D eigenvalue weighted by Gasteiger charge is 2.26. The smallest absolute Gasteiger partial charge is 0.254 e. The van der Waals surface area contributed by atoms with Gasteiger partial charge in [0.15, 0.2) is 11.5 Å². The summed E-state index contributed by atoms with van der Waals surface area (Å²) in [6, 6.07) is 20.8. The van der Waals surface area contributed by atoms with E-state index in [1.54, 1.807) is 12.1 Å². The van der Waals surface area contributed by atoms with E-state index in [-0.39, 0.29) is 12.7 Å². The van der Waals surface area contributed by atoms with Gasteiger partial charge in [0.2, 0.25) is 6.79 Å². The highest BCUT2D eigenvalue weighted by Crippen LogP contribution is 2.36. The molecule has 0 atom stereocenters. The minimum absolute atomic E-state index is 0.0136. The summed E-state index contributed by atoms with van der Waals surface area (Å²) in [6.45, 7) is 2.93. The normalized spacial score (nSPS) is 15.0. The number of halogens is 2. The molecule has 1 saturated heterocycles. The Morgan fingerprint density at radius 1 is 0.857 bits per heavy atom. The molecule has 0 N–H and O–H groups in total. The minimum atomic E-state index is -0.0136. The fourth-order valence-corrected chi connectivity index (χ4v) is 5.11. The van der Waals surface area contributed by atoms with Crippen molar-refractivity contribution in [2.24, 2.45) is 0 Å². The van der Waals surface area contributed by atoms with Gasteiger partial charge in [0.05, 0.1) is 21.8 Å². The maximum atomic E-state index is 13.7. The number of nitrogens with zero attached hydrogens (tertiary/aromatic N) is 3. The first-order chi connectivity index (χ1) is 17.1. The Balaban J connectivity index is 1.28. The van der Waals surface area contributed by atoms with Gasteiger partial charge >= 0.3 is 0 Å². The van der Waals surface area contributed by atoms with E-state index in [0.717, 1.165) is 46.7 Å². The number of pyridine rings is 1. The predicted molar refractivity (Wildman–Crippen MR) is 138 cm³/mol. The Morgan fingerprint density at radius 2 is 1.66 bits per heavy atom. The van der Waals surface area contributed by atoms with Gasteiger partial charge in [-0.25, -0.2) is 4.98 Å². The van der Waals surface area contributed by atoms with Crippen molar-refractivity contribution < 1.29 is 14.3 Å². The van der Waals surface area contributed by atoms with Crippen LogP contribution in [0, 0.1) is 0 Å². The lowest BCUT2D eigenvalue weighted by atomic mass is 10.0. The zero-order valence-corrected chi connectivity index (χ0v) is 20.2. The number of rotatable bonds is 3. The van der Waals surface area contributed by atoms with Crippen LogP contribution in [0.1, 0.15) is 10.4 Å². The van der Waals surface area contributed by atoms with Gasteiger partial charge in [-0.1, -0.05) is 41.4 Å². The number of anilines is 1. The number of carbonyl (C=O) groups is 1. The third-order valence-electron chi connectivity index (χ3n) is 6.44. The summed E-state index contributed by atoms with van der Waals surface area (Å²) in [5.41, 5.74) is 3.82. The second kappa shape index (κ2) is 8.95. The number of aromatic nitrogens is 1. The summed E-state index contributed by atoms with van der Waals surface area (Å²) in [5.74, 6) is 1.52. The number of carbonyl (C=O) groups excluding carboxylic acids is 1. The van der Waals surface area contributed by atoms with Gasteiger partial charge in [0.25, 0.3) is 5.91 Å². The molecule has 6 rings (SSSR count). The molecule has 2 aliphatic heterocycles. The summed E-state index contributed by atoms with van der Waals surface area (Å²) in [7, 11) is 0. The van der Waals surface area contributed by atoms with Crippen molar-refractivity contribution in [3.05, 3.63) is 82.3 Å². The number of hydrogen-bond donors (Lipinski definition) is 0. The van der Waals surface area contributed by atoms with E-state index in [1.165, 1.54) is 0 Å². The molecule has 2 aliphatic rings. The summed E-state index contributed by atoms with van der Waals surface area (Å²) in [6.07, 6.45) is 0. The van der Waals surface area contributed by atoms with Gasteiger partial charge in [-0.3, -0.25) is 4.79 Å². The largest absolute Gasteiger partial charge is 0.454 e. The second-order valence-corrected chi connectivity index (χ2v) is 9.36. The van der Waals surface area contributed by atoms with Crippen LogP contribution in [0.25, 0.3) is 22.2 Å². The number of amides is 1. The van der Waals surface area contributed by atoms with E-state index in [4.69, 9.17) is 37.7 Å². The van der Waals surface area contributed by atoms with Gasteiger partial charge < -0.3 is 19.3 Å². The van der Waals surface area contributed by atoms with Crippen LogP contribution in [0.3, 0.4) is 0 Å². The maximum absolute atomic E-state index is 13.7. The second-order valence-electron chi connectivity index (χ2n) is 8.51. The number of benzene rings is 3. The molecule has 176 valence electrons. The molecule has 0 aliphatic carbocycles. The van der Waals surface area contributed by atoms with Crippen molar-refractivity contribution in [1.29, 1.82) is 0 Å². The van der Waals surface area contributed by atoms with E-state index in [0.29, 0.717) is 34.4 Å². The summed E-state index contributed by atoms with van der Waals surface area (Å²) >= 11 is 12.5. The quantitative estimate of drug-likeness (QED) is 0.347. The van der Waals surface area contributed by atoms with Gasteiger partial charge in [-0.05, 0) is 42.5 Å². The van der Waals surface area contributed by atoms with Crippen molar-refractivity contribution >= 4 is 45.7 Å². The van der Waals surface area contributed by atoms with E-state index >= 15 is 0 Å².